The molecule has 1 amide bonds. The number of amides is 1. The van der Waals surface area contributed by atoms with Crippen molar-refractivity contribution in [3.8, 4) is 28.7 Å². The van der Waals surface area contributed by atoms with E-state index in [0.29, 0.717) is 66.3 Å². The molecule has 8 heteroatoms. The number of benzene rings is 2. The van der Waals surface area contributed by atoms with Gasteiger partial charge in [-0.25, -0.2) is 0 Å². The summed E-state index contributed by atoms with van der Waals surface area (Å²) in [5.41, 5.74) is 1.98. The molecule has 4 rings (SSSR count). The molecule has 1 aromatic heterocycles. The maximum Gasteiger partial charge on any atom is 0.270 e. The summed E-state index contributed by atoms with van der Waals surface area (Å²) >= 11 is 0. The van der Waals surface area contributed by atoms with E-state index in [1.54, 1.807) is 38.4 Å². The van der Waals surface area contributed by atoms with Crippen molar-refractivity contribution in [2.45, 2.75) is 13.5 Å². The van der Waals surface area contributed by atoms with Gasteiger partial charge in [-0.05, 0) is 19.1 Å². The summed E-state index contributed by atoms with van der Waals surface area (Å²) in [6.45, 7) is 3.88. The largest absolute Gasteiger partial charge is 0.496 e. The van der Waals surface area contributed by atoms with E-state index in [-0.39, 0.29) is 5.91 Å². The van der Waals surface area contributed by atoms with Gasteiger partial charge in [0.2, 0.25) is 0 Å². The summed E-state index contributed by atoms with van der Waals surface area (Å²) in [7, 11) is 4.70. The highest BCUT2D eigenvalue weighted by Gasteiger charge is 2.24. The molecule has 0 saturated heterocycles. The lowest BCUT2D eigenvalue weighted by Gasteiger charge is -2.25. The number of para-hydroxylation sites is 1. The van der Waals surface area contributed by atoms with E-state index in [2.05, 4.69) is 4.98 Å². The molecule has 31 heavy (non-hydrogen) atoms. The Morgan fingerprint density at radius 1 is 1.06 bits per heavy atom. The first-order valence-electron chi connectivity index (χ1n) is 10.1. The van der Waals surface area contributed by atoms with Crippen LogP contribution in [0.15, 0.2) is 30.3 Å². The molecule has 3 aromatic rings. The number of hydrogen-bond donors (Lipinski definition) is 1. The van der Waals surface area contributed by atoms with E-state index in [0.717, 1.165) is 10.9 Å². The summed E-state index contributed by atoms with van der Waals surface area (Å²) in [6.07, 6.45) is 0. The number of carbonyl (C=O) groups excluding carboxylic acids is 1. The van der Waals surface area contributed by atoms with Gasteiger partial charge in [0, 0.05) is 30.1 Å². The summed E-state index contributed by atoms with van der Waals surface area (Å²) in [4.78, 5) is 18.3. The number of methoxy groups -OCH3 is 3. The van der Waals surface area contributed by atoms with Crippen LogP contribution < -0.4 is 23.7 Å². The molecule has 0 aliphatic carbocycles. The highest BCUT2D eigenvalue weighted by molar-refractivity contribution is 6.02. The van der Waals surface area contributed by atoms with Crippen LogP contribution in [-0.2, 0) is 6.54 Å². The first-order chi connectivity index (χ1) is 15.1. The Hall–Kier alpha value is -3.55. The average Bonchev–Trinajstić information content (AvgIpc) is 3.26. The van der Waals surface area contributed by atoms with Gasteiger partial charge in [0.1, 0.15) is 24.7 Å². The van der Waals surface area contributed by atoms with Gasteiger partial charge in [0.05, 0.1) is 26.8 Å². The Bertz CT molecular complexity index is 1110. The molecule has 8 nitrogen and oxygen atoms in total. The normalized spacial score (nSPS) is 12.5. The minimum atomic E-state index is -0.142. The fourth-order valence-corrected chi connectivity index (χ4v) is 3.81. The number of carbonyl (C=O) groups is 1. The number of ether oxygens (including phenoxy) is 5. The van der Waals surface area contributed by atoms with Crippen LogP contribution in [0, 0.1) is 0 Å². The van der Waals surface area contributed by atoms with Crippen LogP contribution in [0.25, 0.3) is 10.9 Å². The van der Waals surface area contributed by atoms with Crippen molar-refractivity contribution < 1.29 is 28.5 Å². The topological polar surface area (TPSA) is 82.2 Å². The summed E-state index contributed by atoms with van der Waals surface area (Å²) in [6, 6.07) is 9.26. The quantitative estimate of drug-likeness (QED) is 0.621. The fraction of sp³-hybridized carbons (Fsp3) is 0.348. The van der Waals surface area contributed by atoms with E-state index >= 15 is 0 Å². The lowest BCUT2D eigenvalue weighted by Crippen LogP contribution is -2.31. The first-order valence-corrected chi connectivity index (χ1v) is 10.1. The fourth-order valence-electron chi connectivity index (χ4n) is 3.81. The summed E-state index contributed by atoms with van der Waals surface area (Å²) < 4.78 is 27.9. The van der Waals surface area contributed by atoms with Crippen molar-refractivity contribution in [1.29, 1.82) is 0 Å². The third-order valence-electron chi connectivity index (χ3n) is 5.35. The zero-order valence-corrected chi connectivity index (χ0v) is 18.1. The highest BCUT2D eigenvalue weighted by Crippen LogP contribution is 2.41. The lowest BCUT2D eigenvalue weighted by molar-refractivity contribution is 0.0744. The Kier molecular flexibility index (Phi) is 5.79. The van der Waals surface area contributed by atoms with Crippen molar-refractivity contribution in [2.75, 3.05) is 41.1 Å². The third kappa shape index (κ3) is 3.69. The zero-order valence-electron chi connectivity index (χ0n) is 18.1. The first kappa shape index (κ1) is 20.7. The van der Waals surface area contributed by atoms with Crippen LogP contribution in [0.5, 0.6) is 28.7 Å². The number of nitrogens with zero attached hydrogens (tertiary/aromatic N) is 1. The number of rotatable bonds is 7. The molecule has 0 bridgehead atoms. The smallest absolute Gasteiger partial charge is 0.270 e. The molecule has 1 aliphatic rings. The van der Waals surface area contributed by atoms with Crippen molar-refractivity contribution in [3.05, 3.63) is 41.6 Å². The van der Waals surface area contributed by atoms with Gasteiger partial charge in [0.15, 0.2) is 23.0 Å². The van der Waals surface area contributed by atoms with Crippen LogP contribution in [0.1, 0.15) is 23.0 Å². The maximum atomic E-state index is 13.4. The highest BCUT2D eigenvalue weighted by atomic mass is 16.6. The molecule has 164 valence electrons. The van der Waals surface area contributed by atoms with E-state index in [4.69, 9.17) is 23.7 Å². The number of aromatic nitrogens is 1. The number of H-pyrrole nitrogens is 1. The molecule has 1 aliphatic heterocycles. The van der Waals surface area contributed by atoms with Gasteiger partial charge in [-0.2, -0.15) is 0 Å². The number of fused-ring (bicyclic) bond motifs is 2. The van der Waals surface area contributed by atoms with Gasteiger partial charge in [-0.3, -0.25) is 4.79 Å². The molecule has 2 heterocycles. The Balaban J connectivity index is 1.69. The number of hydrogen-bond acceptors (Lipinski definition) is 6. The van der Waals surface area contributed by atoms with E-state index in [9.17, 15) is 4.79 Å². The Morgan fingerprint density at radius 2 is 1.84 bits per heavy atom. The molecule has 0 fully saturated rings. The molecule has 0 saturated carbocycles. The number of nitrogens with one attached hydrogen (secondary N) is 1. The van der Waals surface area contributed by atoms with Gasteiger partial charge < -0.3 is 33.6 Å². The van der Waals surface area contributed by atoms with E-state index in [1.807, 2.05) is 25.1 Å². The average molecular weight is 426 g/mol. The minimum absolute atomic E-state index is 0.142. The predicted octanol–water partition coefficient (Wildman–Crippen LogP) is 3.63. The van der Waals surface area contributed by atoms with Crippen LogP contribution in [0.3, 0.4) is 0 Å². The van der Waals surface area contributed by atoms with Crippen LogP contribution >= 0.6 is 0 Å². The molecule has 0 atom stereocenters. The SMILES string of the molecule is CCN(Cc1cccc2c1OCCO2)C(=O)c1cc2c(OC)cc(OC)c(OC)c2[nH]1. The number of aromatic amines is 1. The molecule has 1 N–H and O–H groups in total. The second-order valence-electron chi connectivity index (χ2n) is 7.05. The summed E-state index contributed by atoms with van der Waals surface area (Å²) in [5, 5.41) is 0.744. The molecular weight excluding hydrogens is 400 g/mol. The third-order valence-corrected chi connectivity index (χ3v) is 5.35. The van der Waals surface area contributed by atoms with Gasteiger partial charge in [0.25, 0.3) is 5.91 Å². The van der Waals surface area contributed by atoms with Gasteiger partial charge in [-0.15, -0.1) is 0 Å². The lowest BCUT2D eigenvalue weighted by atomic mass is 10.1. The molecular formula is C23H26N2O6. The van der Waals surface area contributed by atoms with Gasteiger partial charge >= 0.3 is 0 Å². The second-order valence-corrected chi connectivity index (χ2v) is 7.05. The molecule has 2 aromatic carbocycles. The summed E-state index contributed by atoms with van der Waals surface area (Å²) in [5.74, 6) is 2.89. The predicted molar refractivity (Wildman–Crippen MR) is 116 cm³/mol. The van der Waals surface area contributed by atoms with Crippen molar-refractivity contribution in [3.63, 3.8) is 0 Å². The van der Waals surface area contributed by atoms with Crippen LogP contribution in [0.2, 0.25) is 0 Å². The zero-order chi connectivity index (χ0) is 22.0. The maximum absolute atomic E-state index is 13.4. The van der Waals surface area contributed by atoms with Crippen LogP contribution in [-0.4, -0.2) is 56.9 Å². The van der Waals surface area contributed by atoms with Crippen molar-refractivity contribution in [2.24, 2.45) is 0 Å². The van der Waals surface area contributed by atoms with Gasteiger partial charge in [-0.1, -0.05) is 12.1 Å². The Labute approximate surface area is 180 Å². The standard InChI is InChI=1S/C23H26N2O6/c1-5-25(13-14-7-6-8-17-21(14)31-10-9-30-17)23(26)16-11-15-18(27-2)12-19(28-3)22(29-4)20(15)24-16/h6-8,11-12,24H,5,9-10,13H2,1-4H3. The van der Waals surface area contributed by atoms with Crippen molar-refractivity contribution >= 4 is 16.8 Å². The monoisotopic (exact) mass is 426 g/mol. The molecule has 0 unspecified atom stereocenters. The van der Waals surface area contributed by atoms with Crippen molar-refractivity contribution in [1.82, 2.24) is 9.88 Å². The molecule has 0 spiro atoms. The van der Waals surface area contributed by atoms with E-state index < -0.39 is 0 Å². The molecule has 0 radical (unpaired) electrons. The Morgan fingerprint density at radius 3 is 2.55 bits per heavy atom. The second kappa shape index (κ2) is 8.67. The van der Waals surface area contributed by atoms with E-state index in [1.165, 1.54) is 0 Å². The van der Waals surface area contributed by atoms with Crippen LogP contribution in [0.4, 0.5) is 0 Å². The minimum Gasteiger partial charge on any atom is -0.496 e.